The lowest BCUT2D eigenvalue weighted by molar-refractivity contribution is 1.23. The topological polar surface area (TPSA) is 51.8 Å². The first-order valence-corrected chi connectivity index (χ1v) is 4.64. The maximum absolute atomic E-state index is 5.49. The van der Waals surface area contributed by atoms with E-state index in [0.717, 1.165) is 20.9 Å². The molecule has 0 saturated carbocycles. The van der Waals surface area contributed by atoms with Crippen molar-refractivity contribution in [3.05, 3.63) is 28.4 Å². The van der Waals surface area contributed by atoms with Gasteiger partial charge < -0.3 is 5.73 Å². The van der Waals surface area contributed by atoms with Crippen molar-refractivity contribution in [2.24, 2.45) is 0 Å². The monoisotopic (exact) mass is 237 g/mol. The van der Waals surface area contributed by atoms with E-state index in [-0.39, 0.29) is 0 Å². The number of nitrogens with zero attached hydrogens (tertiary/aromatic N) is 2. The van der Waals surface area contributed by atoms with Crippen molar-refractivity contribution in [3.63, 3.8) is 0 Å². The molecule has 2 N–H and O–H groups in total. The van der Waals surface area contributed by atoms with Gasteiger partial charge in [-0.3, -0.25) is 0 Å². The van der Waals surface area contributed by atoms with Crippen molar-refractivity contribution < 1.29 is 0 Å². The van der Waals surface area contributed by atoms with E-state index in [1.54, 1.807) is 6.20 Å². The van der Waals surface area contributed by atoms with Crippen molar-refractivity contribution >= 4 is 32.8 Å². The molecule has 1 aromatic heterocycles. The highest BCUT2D eigenvalue weighted by molar-refractivity contribution is 9.10. The predicted molar refractivity (Wildman–Crippen MR) is 56.4 cm³/mol. The van der Waals surface area contributed by atoms with Crippen molar-refractivity contribution in [1.82, 2.24) is 9.97 Å². The van der Waals surface area contributed by atoms with Gasteiger partial charge in [0.05, 0.1) is 5.52 Å². The molecular weight excluding hydrogens is 230 g/mol. The van der Waals surface area contributed by atoms with E-state index < -0.39 is 0 Å². The fourth-order valence-corrected chi connectivity index (χ4v) is 1.84. The maximum Gasteiger partial charge on any atom is 0.220 e. The van der Waals surface area contributed by atoms with Gasteiger partial charge in [-0.1, -0.05) is 15.9 Å². The molecule has 0 aliphatic heterocycles. The predicted octanol–water partition coefficient (Wildman–Crippen LogP) is 2.28. The van der Waals surface area contributed by atoms with Crippen LogP contribution in [0.2, 0.25) is 0 Å². The minimum atomic E-state index is 0.310. The standard InChI is InChI=1S/C9H8BrN3/c1-5-2-6(10)3-8-7(5)4-12-9(11)13-8/h2-4H,1H3,(H2,11,12,13). The van der Waals surface area contributed by atoms with Gasteiger partial charge in [-0.2, -0.15) is 0 Å². The number of hydrogen-bond donors (Lipinski definition) is 1. The second kappa shape index (κ2) is 2.96. The molecule has 0 spiro atoms. The number of aryl methyl sites for hydroxylation is 1. The number of nitrogen functional groups attached to an aromatic ring is 1. The smallest absolute Gasteiger partial charge is 0.220 e. The highest BCUT2D eigenvalue weighted by Crippen LogP contribution is 2.21. The Morgan fingerprint density at radius 1 is 1.38 bits per heavy atom. The van der Waals surface area contributed by atoms with Gasteiger partial charge in [0.15, 0.2) is 0 Å². The Hall–Kier alpha value is -1.16. The summed E-state index contributed by atoms with van der Waals surface area (Å²) in [6.07, 6.45) is 1.75. The molecule has 0 aliphatic rings. The summed E-state index contributed by atoms with van der Waals surface area (Å²) in [5.74, 6) is 0.310. The summed E-state index contributed by atoms with van der Waals surface area (Å²) in [5.41, 5.74) is 7.50. The molecule has 0 saturated heterocycles. The summed E-state index contributed by atoms with van der Waals surface area (Å²) in [5, 5.41) is 1.04. The Morgan fingerprint density at radius 2 is 2.15 bits per heavy atom. The molecule has 2 aromatic rings. The first-order chi connectivity index (χ1) is 6.16. The zero-order valence-electron chi connectivity index (χ0n) is 7.08. The Kier molecular flexibility index (Phi) is 1.92. The minimum Gasteiger partial charge on any atom is -0.368 e. The number of fused-ring (bicyclic) bond motifs is 1. The van der Waals surface area contributed by atoms with Gasteiger partial charge in [-0.15, -0.1) is 0 Å². The summed E-state index contributed by atoms with van der Waals surface area (Å²) >= 11 is 3.41. The Labute approximate surface area is 84.1 Å². The molecular formula is C9H8BrN3. The number of aromatic nitrogens is 2. The molecule has 0 unspecified atom stereocenters. The zero-order chi connectivity index (χ0) is 9.42. The second-order valence-corrected chi connectivity index (χ2v) is 3.80. The van der Waals surface area contributed by atoms with Crippen LogP contribution in [0.4, 0.5) is 5.95 Å². The third-order valence-corrected chi connectivity index (χ3v) is 2.35. The average molecular weight is 238 g/mol. The number of anilines is 1. The lowest BCUT2D eigenvalue weighted by Gasteiger charge is -2.02. The quantitative estimate of drug-likeness (QED) is 0.765. The first kappa shape index (κ1) is 8.44. The normalized spacial score (nSPS) is 10.6. The number of halogens is 1. The van der Waals surface area contributed by atoms with Gasteiger partial charge in [-0.25, -0.2) is 9.97 Å². The number of hydrogen-bond acceptors (Lipinski definition) is 3. The van der Waals surface area contributed by atoms with Crippen molar-refractivity contribution in [2.75, 3.05) is 5.73 Å². The number of rotatable bonds is 0. The number of benzene rings is 1. The van der Waals surface area contributed by atoms with E-state index in [4.69, 9.17) is 5.73 Å². The van der Waals surface area contributed by atoms with Crippen LogP contribution in [0.5, 0.6) is 0 Å². The van der Waals surface area contributed by atoms with E-state index in [2.05, 4.69) is 25.9 Å². The molecule has 0 radical (unpaired) electrons. The summed E-state index contributed by atoms with van der Waals surface area (Å²) in [6.45, 7) is 2.02. The number of nitrogens with two attached hydrogens (primary N) is 1. The Bertz CT molecular complexity index is 462. The second-order valence-electron chi connectivity index (χ2n) is 2.88. The molecule has 0 aliphatic carbocycles. The molecule has 4 heteroatoms. The third kappa shape index (κ3) is 1.49. The molecule has 0 bridgehead atoms. The third-order valence-electron chi connectivity index (χ3n) is 1.89. The van der Waals surface area contributed by atoms with Crippen LogP contribution in [-0.4, -0.2) is 9.97 Å². The van der Waals surface area contributed by atoms with Gasteiger partial charge in [0.1, 0.15) is 0 Å². The van der Waals surface area contributed by atoms with Crippen LogP contribution < -0.4 is 5.73 Å². The maximum atomic E-state index is 5.49. The van der Waals surface area contributed by atoms with Crippen molar-refractivity contribution in [2.45, 2.75) is 6.92 Å². The van der Waals surface area contributed by atoms with Crippen LogP contribution in [0.15, 0.2) is 22.8 Å². The van der Waals surface area contributed by atoms with Crippen LogP contribution in [0.1, 0.15) is 5.56 Å². The Balaban J connectivity index is 2.86. The van der Waals surface area contributed by atoms with E-state index in [1.807, 2.05) is 19.1 Å². The van der Waals surface area contributed by atoms with Crippen molar-refractivity contribution in [1.29, 1.82) is 0 Å². The molecule has 0 atom stereocenters. The molecule has 1 aromatic carbocycles. The van der Waals surface area contributed by atoms with Gasteiger partial charge in [0.2, 0.25) is 5.95 Å². The molecule has 66 valence electrons. The SMILES string of the molecule is Cc1cc(Br)cc2nc(N)ncc12. The minimum absolute atomic E-state index is 0.310. The van der Waals surface area contributed by atoms with Crippen LogP contribution in [0.25, 0.3) is 10.9 Å². The van der Waals surface area contributed by atoms with Gasteiger partial charge in [0, 0.05) is 16.1 Å². The first-order valence-electron chi connectivity index (χ1n) is 3.85. The summed E-state index contributed by atoms with van der Waals surface area (Å²) in [6, 6.07) is 3.96. The Morgan fingerprint density at radius 3 is 2.92 bits per heavy atom. The van der Waals surface area contributed by atoms with E-state index >= 15 is 0 Å². The van der Waals surface area contributed by atoms with Crippen LogP contribution in [0, 0.1) is 6.92 Å². The zero-order valence-corrected chi connectivity index (χ0v) is 8.67. The molecule has 3 nitrogen and oxygen atoms in total. The van der Waals surface area contributed by atoms with E-state index in [9.17, 15) is 0 Å². The highest BCUT2D eigenvalue weighted by Gasteiger charge is 2.01. The largest absolute Gasteiger partial charge is 0.368 e. The summed E-state index contributed by atoms with van der Waals surface area (Å²) < 4.78 is 1.01. The molecule has 0 amide bonds. The lowest BCUT2D eigenvalue weighted by Crippen LogP contribution is -1.94. The van der Waals surface area contributed by atoms with Crippen LogP contribution >= 0.6 is 15.9 Å². The van der Waals surface area contributed by atoms with E-state index in [1.165, 1.54) is 0 Å². The fourth-order valence-electron chi connectivity index (χ4n) is 1.28. The molecule has 0 fully saturated rings. The lowest BCUT2D eigenvalue weighted by atomic mass is 10.1. The fraction of sp³-hybridized carbons (Fsp3) is 0.111. The van der Waals surface area contributed by atoms with Gasteiger partial charge in [-0.05, 0) is 24.6 Å². The summed E-state index contributed by atoms with van der Waals surface area (Å²) in [7, 11) is 0. The van der Waals surface area contributed by atoms with Gasteiger partial charge >= 0.3 is 0 Å². The van der Waals surface area contributed by atoms with Crippen LogP contribution in [-0.2, 0) is 0 Å². The summed E-state index contributed by atoms with van der Waals surface area (Å²) in [4.78, 5) is 8.08. The van der Waals surface area contributed by atoms with Gasteiger partial charge in [0.25, 0.3) is 0 Å². The molecule has 2 rings (SSSR count). The van der Waals surface area contributed by atoms with Crippen LogP contribution in [0.3, 0.4) is 0 Å². The van der Waals surface area contributed by atoms with Crippen molar-refractivity contribution in [3.8, 4) is 0 Å². The average Bonchev–Trinajstić information content (AvgIpc) is 2.02. The molecule has 1 heterocycles. The van der Waals surface area contributed by atoms with E-state index in [0.29, 0.717) is 5.95 Å². The highest BCUT2D eigenvalue weighted by atomic mass is 79.9. The molecule has 13 heavy (non-hydrogen) atoms.